The van der Waals surface area contributed by atoms with E-state index < -0.39 is 0 Å². The van der Waals surface area contributed by atoms with Crippen LogP contribution in [0.1, 0.15) is 25.0 Å². The lowest BCUT2D eigenvalue weighted by Crippen LogP contribution is -2.16. The van der Waals surface area contributed by atoms with Crippen molar-refractivity contribution in [2.75, 3.05) is 4.90 Å². The minimum Gasteiger partial charge on any atom is -0.310 e. The number of para-hydroxylation sites is 1. The fourth-order valence-corrected chi connectivity index (χ4v) is 11.7. The van der Waals surface area contributed by atoms with Crippen molar-refractivity contribution >= 4 is 82.0 Å². The van der Waals surface area contributed by atoms with Crippen molar-refractivity contribution in [3.05, 3.63) is 254 Å². The van der Waals surface area contributed by atoms with E-state index in [1.807, 2.05) is 0 Å². The van der Waals surface area contributed by atoms with Gasteiger partial charge in [-0.1, -0.05) is 184 Å². The molecule has 324 valence electrons. The average Bonchev–Trinajstić information content (AvgIpc) is 3.86. The van der Waals surface area contributed by atoms with Gasteiger partial charge in [0.15, 0.2) is 0 Å². The van der Waals surface area contributed by atoms with Crippen LogP contribution in [0.2, 0.25) is 0 Å². The molecule has 14 rings (SSSR count). The van der Waals surface area contributed by atoms with Crippen molar-refractivity contribution in [2.24, 2.45) is 0 Å². The predicted molar refractivity (Wildman–Crippen MR) is 294 cm³/mol. The summed E-state index contributed by atoms with van der Waals surface area (Å²) in [5.74, 6) is 0. The first-order chi connectivity index (χ1) is 34.0. The molecule has 0 saturated heterocycles. The van der Waals surface area contributed by atoms with Crippen LogP contribution in [0.4, 0.5) is 17.1 Å². The standard InChI is InChI=1S/C67H46N2/c1-67(2)63-21-11-9-19-58(63)59-37-35-52(42-64(59)67)68(49-30-23-44(24-31-49)47-28-36-57-55-17-6-5-15-53(55)54-16-7-8-18-56(54)61(57)40-47)50-32-25-45(26-33-50)48-29-38-66-62(41-48)60-20-10-12-22-65(60)69(66)51-34-27-43-13-3-4-14-46(43)39-51/h3-42H,1-2H3. The second-order valence-electron chi connectivity index (χ2n) is 19.3. The third-order valence-corrected chi connectivity index (χ3v) is 15.2. The average molecular weight is 879 g/mol. The van der Waals surface area contributed by atoms with Gasteiger partial charge in [0, 0.05) is 38.9 Å². The maximum Gasteiger partial charge on any atom is 0.0541 e. The Balaban J connectivity index is 0.866. The highest BCUT2D eigenvalue weighted by atomic mass is 15.1. The van der Waals surface area contributed by atoms with Gasteiger partial charge in [0.2, 0.25) is 0 Å². The molecule has 0 saturated carbocycles. The molecule has 0 unspecified atom stereocenters. The SMILES string of the molecule is CC1(C)c2ccccc2-c2ccc(N(c3ccc(-c4ccc5c6ccccc6c6ccccc6c5c4)cc3)c3ccc(-c4ccc5c(c4)c4ccccc4n5-c4ccc5ccccc5c4)cc3)cc21. The van der Waals surface area contributed by atoms with Crippen LogP contribution >= 0.6 is 0 Å². The van der Waals surface area contributed by atoms with Crippen molar-refractivity contribution in [2.45, 2.75) is 19.3 Å². The lowest BCUT2D eigenvalue weighted by atomic mass is 9.82. The van der Waals surface area contributed by atoms with Crippen LogP contribution < -0.4 is 4.90 Å². The van der Waals surface area contributed by atoms with E-state index in [4.69, 9.17) is 0 Å². The summed E-state index contributed by atoms with van der Waals surface area (Å²) in [6.07, 6.45) is 0. The van der Waals surface area contributed by atoms with Gasteiger partial charge in [-0.2, -0.15) is 0 Å². The van der Waals surface area contributed by atoms with E-state index in [2.05, 4.69) is 266 Å². The predicted octanol–water partition coefficient (Wildman–Crippen LogP) is 18.5. The van der Waals surface area contributed by atoms with Gasteiger partial charge in [0.05, 0.1) is 11.0 Å². The van der Waals surface area contributed by atoms with E-state index in [1.54, 1.807) is 0 Å². The van der Waals surface area contributed by atoms with Gasteiger partial charge in [0.25, 0.3) is 0 Å². The summed E-state index contributed by atoms with van der Waals surface area (Å²) in [6, 6.07) is 90.0. The smallest absolute Gasteiger partial charge is 0.0541 e. The van der Waals surface area contributed by atoms with Gasteiger partial charge in [-0.3, -0.25) is 0 Å². The zero-order valence-electron chi connectivity index (χ0n) is 38.5. The topological polar surface area (TPSA) is 8.17 Å². The quantitative estimate of drug-likeness (QED) is 0.151. The molecule has 2 nitrogen and oxygen atoms in total. The Morgan fingerprint density at radius 2 is 0.797 bits per heavy atom. The van der Waals surface area contributed by atoms with E-state index in [-0.39, 0.29) is 5.41 Å². The molecule has 0 amide bonds. The summed E-state index contributed by atoms with van der Waals surface area (Å²) in [4.78, 5) is 2.42. The monoisotopic (exact) mass is 878 g/mol. The molecule has 1 aromatic heterocycles. The van der Waals surface area contributed by atoms with Crippen LogP contribution in [0.3, 0.4) is 0 Å². The second-order valence-corrected chi connectivity index (χ2v) is 19.3. The number of aromatic nitrogens is 1. The Kier molecular flexibility index (Phi) is 8.66. The fraction of sp³-hybridized carbons (Fsp3) is 0.0448. The number of hydrogen-bond donors (Lipinski definition) is 0. The van der Waals surface area contributed by atoms with Crippen LogP contribution in [0.15, 0.2) is 243 Å². The number of anilines is 3. The molecule has 0 fully saturated rings. The van der Waals surface area contributed by atoms with E-state index >= 15 is 0 Å². The summed E-state index contributed by atoms with van der Waals surface area (Å²) in [6.45, 7) is 4.72. The van der Waals surface area contributed by atoms with Gasteiger partial charge >= 0.3 is 0 Å². The lowest BCUT2D eigenvalue weighted by Gasteiger charge is -2.28. The molecule has 0 N–H and O–H groups in total. The maximum absolute atomic E-state index is 2.43. The highest BCUT2D eigenvalue weighted by Gasteiger charge is 2.35. The number of hydrogen-bond acceptors (Lipinski definition) is 1. The highest BCUT2D eigenvalue weighted by molar-refractivity contribution is 6.25. The van der Waals surface area contributed by atoms with Crippen LogP contribution in [-0.2, 0) is 5.41 Å². The number of benzene rings is 12. The molecule has 12 aromatic carbocycles. The van der Waals surface area contributed by atoms with Crippen molar-refractivity contribution in [3.63, 3.8) is 0 Å². The number of fused-ring (bicyclic) bond motifs is 13. The maximum atomic E-state index is 2.43. The lowest BCUT2D eigenvalue weighted by molar-refractivity contribution is 0.660. The summed E-state index contributed by atoms with van der Waals surface area (Å²) in [5.41, 5.74) is 17.0. The van der Waals surface area contributed by atoms with Crippen molar-refractivity contribution in [1.82, 2.24) is 4.57 Å². The molecule has 1 aliphatic rings. The van der Waals surface area contributed by atoms with Crippen LogP contribution in [0, 0.1) is 0 Å². The third kappa shape index (κ3) is 6.12. The fourth-order valence-electron chi connectivity index (χ4n) is 11.7. The summed E-state index contributed by atoms with van der Waals surface area (Å²) in [7, 11) is 0. The van der Waals surface area contributed by atoms with Gasteiger partial charge in [-0.05, 0) is 160 Å². The first-order valence-corrected chi connectivity index (χ1v) is 24.1. The Morgan fingerprint density at radius 3 is 1.49 bits per heavy atom. The summed E-state index contributed by atoms with van der Waals surface area (Å²) in [5, 5.41) is 12.7. The van der Waals surface area contributed by atoms with Crippen molar-refractivity contribution in [3.8, 4) is 39.1 Å². The van der Waals surface area contributed by atoms with Crippen LogP contribution in [0.25, 0.3) is 104 Å². The Morgan fingerprint density at radius 1 is 0.304 bits per heavy atom. The molecule has 0 atom stereocenters. The first-order valence-electron chi connectivity index (χ1n) is 24.1. The summed E-state index contributed by atoms with van der Waals surface area (Å²) >= 11 is 0. The van der Waals surface area contributed by atoms with Crippen LogP contribution in [-0.4, -0.2) is 4.57 Å². The minimum atomic E-state index is -0.122. The molecule has 2 heteroatoms. The molecule has 0 aliphatic heterocycles. The Hall–Kier alpha value is -8.72. The molecule has 0 radical (unpaired) electrons. The second kappa shape index (κ2) is 15.2. The van der Waals surface area contributed by atoms with E-state index in [0.717, 1.165) is 17.1 Å². The zero-order valence-corrected chi connectivity index (χ0v) is 38.5. The van der Waals surface area contributed by atoms with Gasteiger partial charge < -0.3 is 9.47 Å². The molecule has 0 spiro atoms. The van der Waals surface area contributed by atoms with Gasteiger partial charge in [-0.15, -0.1) is 0 Å². The Bertz CT molecular complexity index is 4170. The molecule has 1 aliphatic carbocycles. The Labute approximate surface area is 401 Å². The zero-order chi connectivity index (χ0) is 45.8. The van der Waals surface area contributed by atoms with Gasteiger partial charge in [-0.25, -0.2) is 0 Å². The summed E-state index contributed by atoms with van der Waals surface area (Å²) < 4.78 is 2.41. The number of rotatable bonds is 6. The van der Waals surface area contributed by atoms with Crippen LogP contribution in [0.5, 0.6) is 0 Å². The largest absolute Gasteiger partial charge is 0.310 e. The van der Waals surface area contributed by atoms with E-state index in [1.165, 1.54) is 115 Å². The number of nitrogens with zero attached hydrogens (tertiary/aromatic N) is 2. The van der Waals surface area contributed by atoms with E-state index in [9.17, 15) is 0 Å². The third-order valence-electron chi connectivity index (χ3n) is 15.2. The minimum absolute atomic E-state index is 0.122. The molecule has 13 aromatic rings. The highest BCUT2D eigenvalue weighted by Crippen LogP contribution is 2.51. The van der Waals surface area contributed by atoms with E-state index in [0.29, 0.717) is 0 Å². The normalized spacial score (nSPS) is 12.9. The van der Waals surface area contributed by atoms with Gasteiger partial charge in [0.1, 0.15) is 0 Å². The first kappa shape index (κ1) is 39.4. The van der Waals surface area contributed by atoms with Crippen molar-refractivity contribution < 1.29 is 0 Å². The molecular weight excluding hydrogens is 833 g/mol. The molecular formula is C67H46N2. The molecule has 1 heterocycles. The molecule has 69 heavy (non-hydrogen) atoms. The molecule has 0 bridgehead atoms. The van der Waals surface area contributed by atoms with Crippen molar-refractivity contribution in [1.29, 1.82) is 0 Å².